The van der Waals surface area contributed by atoms with Gasteiger partial charge in [0.25, 0.3) is 10.0 Å². The van der Waals surface area contributed by atoms with Gasteiger partial charge in [0.2, 0.25) is 0 Å². The number of halogens is 1. The summed E-state index contributed by atoms with van der Waals surface area (Å²) in [6, 6.07) is 18.5. The number of ether oxygens (including phenoxy) is 1. The molecule has 0 aromatic heterocycles. The van der Waals surface area contributed by atoms with E-state index in [2.05, 4.69) is 51.9 Å². The molecular formula is C24H20BrNO3S. The van der Waals surface area contributed by atoms with Gasteiger partial charge in [-0.05, 0) is 73.5 Å². The molecule has 6 heteroatoms. The number of nitrogens with one attached hydrogen (secondary N) is 1. The van der Waals surface area contributed by atoms with Crippen molar-refractivity contribution in [1.29, 1.82) is 0 Å². The van der Waals surface area contributed by atoms with E-state index in [1.807, 2.05) is 25.1 Å². The van der Waals surface area contributed by atoms with E-state index in [9.17, 15) is 8.42 Å². The van der Waals surface area contributed by atoms with Crippen molar-refractivity contribution in [2.45, 2.75) is 30.3 Å². The summed E-state index contributed by atoms with van der Waals surface area (Å²) in [5, 5.41) is 0. The molecule has 2 atom stereocenters. The molecule has 152 valence electrons. The zero-order valence-corrected chi connectivity index (χ0v) is 18.9. The molecule has 3 aromatic carbocycles. The van der Waals surface area contributed by atoms with Crippen molar-refractivity contribution < 1.29 is 13.2 Å². The zero-order valence-electron chi connectivity index (χ0n) is 16.5. The maximum absolute atomic E-state index is 12.9. The number of hydrogen-bond acceptors (Lipinski definition) is 3. The zero-order chi connectivity index (χ0) is 21.1. The van der Waals surface area contributed by atoms with E-state index in [1.54, 1.807) is 30.3 Å². The van der Waals surface area contributed by atoms with Gasteiger partial charge in [-0.25, -0.2) is 8.42 Å². The van der Waals surface area contributed by atoms with Gasteiger partial charge in [0, 0.05) is 15.7 Å². The van der Waals surface area contributed by atoms with Crippen molar-refractivity contribution in [3.05, 3.63) is 93.5 Å². The highest BCUT2D eigenvalue weighted by Crippen LogP contribution is 2.52. The number of hydrogen-bond donors (Lipinski definition) is 1. The lowest BCUT2D eigenvalue weighted by Crippen LogP contribution is -2.37. The summed E-state index contributed by atoms with van der Waals surface area (Å²) in [7, 11) is -3.67. The summed E-state index contributed by atoms with van der Waals surface area (Å²) in [6.45, 7) is 4.08. The minimum atomic E-state index is -3.67. The minimum absolute atomic E-state index is 0.134. The molecule has 0 spiro atoms. The van der Waals surface area contributed by atoms with Crippen LogP contribution in [0.2, 0.25) is 0 Å². The largest absolute Gasteiger partial charge is 0.485 e. The normalized spacial score (nSPS) is 21.4. The Morgan fingerprint density at radius 3 is 2.53 bits per heavy atom. The standard InChI is InChI=1S/C24H20BrNO3S/c1-15-3-8-19(9-4-15)30(27,28)26-18-7-11-22-21(14-18)24(2)20-10-6-17(25)13-16(20)5-12-23(24)29-22/h3-14,23,26H,1-2H3/t23?,24-/m1/s1. The monoisotopic (exact) mass is 481 g/mol. The van der Waals surface area contributed by atoms with Gasteiger partial charge in [-0.3, -0.25) is 4.72 Å². The van der Waals surface area contributed by atoms with Gasteiger partial charge in [-0.2, -0.15) is 0 Å². The molecule has 0 amide bonds. The smallest absolute Gasteiger partial charge is 0.261 e. The van der Waals surface area contributed by atoms with Crippen LogP contribution in [0.25, 0.3) is 6.08 Å². The molecule has 0 radical (unpaired) electrons. The first kappa shape index (κ1) is 19.4. The van der Waals surface area contributed by atoms with Crippen LogP contribution in [-0.2, 0) is 15.4 Å². The van der Waals surface area contributed by atoms with Crippen molar-refractivity contribution in [3.63, 3.8) is 0 Å². The Kier molecular flexibility index (Phi) is 4.35. The van der Waals surface area contributed by atoms with Crippen molar-refractivity contribution >= 4 is 37.7 Å². The van der Waals surface area contributed by atoms with Crippen LogP contribution >= 0.6 is 15.9 Å². The maximum atomic E-state index is 12.9. The van der Waals surface area contributed by atoms with Crippen LogP contribution in [0.15, 0.2) is 76.1 Å². The molecule has 2 aliphatic rings. The lowest BCUT2D eigenvalue weighted by Gasteiger charge is -2.34. The predicted molar refractivity (Wildman–Crippen MR) is 122 cm³/mol. The predicted octanol–water partition coefficient (Wildman–Crippen LogP) is 5.65. The Bertz CT molecular complexity index is 1300. The molecule has 0 bridgehead atoms. The summed E-state index contributed by atoms with van der Waals surface area (Å²) in [6.07, 6.45) is 4.02. The van der Waals surface area contributed by atoms with Gasteiger partial charge in [-0.15, -0.1) is 0 Å². The second-order valence-corrected chi connectivity index (χ2v) is 10.6. The molecule has 1 N–H and O–H groups in total. The highest BCUT2D eigenvalue weighted by atomic mass is 79.9. The molecule has 5 rings (SSSR count). The van der Waals surface area contributed by atoms with E-state index in [4.69, 9.17) is 4.74 Å². The molecule has 0 saturated carbocycles. The molecular weight excluding hydrogens is 462 g/mol. The number of fused-ring (bicyclic) bond motifs is 5. The fraction of sp³-hybridized carbons (Fsp3) is 0.167. The van der Waals surface area contributed by atoms with E-state index in [0.717, 1.165) is 32.5 Å². The molecule has 30 heavy (non-hydrogen) atoms. The number of rotatable bonds is 3. The highest BCUT2D eigenvalue weighted by Gasteiger charge is 2.48. The van der Waals surface area contributed by atoms with E-state index in [0.29, 0.717) is 5.69 Å². The average molecular weight is 482 g/mol. The van der Waals surface area contributed by atoms with Crippen LogP contribution in [-0.4, -0.2) is 14.5 Å². The number of sulfonamides is 1. The van der Waals surface area contributed by atoms with Gasteiger partial charge in [0.15, 0.2) is 0 Å². The van der Waals surface area contributed by atoms with E-state index >= 15 is 0 Å². The SMILES string of the molecule is Cc1ccc(S(=O)(=O)Nc2ccc3c(c2)[C@@]2(C)c4ccc(Br)cc4C=CC2O3)cc1. The molecule has 1 heterocycles. The van der Waals surface area contributed by atoms with Crippen molar-refractivity contribution in [2.75, 3.05) is 4.72 Å². The lowest BCUT2D eigenvalue weighted by atomic mass is 9.69. The van der Waals surface area contributed by atoms with Gasteiger partial charge < -0.3 is 4.74 Å². The summed E-state index contributed by atoms with van der Waals surface area (Å²) < 4.78 is 35.7. The third kappa shape index (κ3) is 2.97. The van der Waals surface area contributed by atoms with Gasteiger partial charge in [0.05, 0.1) is 10.3 Å². The Balaban J connectivity index is 1.56. The second kappa shape index (κ2) is 6.72. The summed E-state index contributed by atoms with van der Waals surface area (Å²) in [4.78, 5) is 0.240. The molecule has 4 nitrogen and oxygen atoms in total. The number of anilines is 1. The van der Waals surface area contributed by atoms with E-state index in [-0.39, 0.29) is 11.0 Å². The summed E-state index contributed by atoms with van der Waals surface area (Å²) >= 11 is 3.54. The van der Waals surface area contributed by atoms with Crippen LogP contribution < -0.4 is 9.46 Å². The first-order valence-corrected chi connectivity index (χ1v) is 11.9. The quantitative estimate of drug-likeness (QED) is 0.525. The summed E-state index contributed by atoms with van der Waals surface area (Å²) in [5.74, 6) is 0.779. The number of benzene rings is 3. The molecule has 0 saturated heterocycles. The van der Waals surface area contributed by atoms with Gasteiger partial charge in [0.1, 0.15) is 11.9 Å². The highest BCUT2D eigenvalue weighted by molar-refractivity contribution is 9.10. The first-order chi connectivity index (χ1) is 14.3. The fourth-order valence-corrected chi connectivity index (χ4v) is 5.74. The average Bonchev–Trinajstić information content (AvgIpc) is 3.00. The van der Waals surface area contributed by atoms with Gasteiger partial charge >= 0.3 is 0 Å². The maximum Gasteiger partial charge on any atom is 0.261 e. The van der Waals surface area contributed by atoms with E-state index < -0.39 is 15.4 Å². The molecule has 1 aliphatic carbocycles. The first-order valence-electron chi connectivity index (χ1n) is 9.66. The van der Waals surface area contributed by atoms with Gasteiger partial charge in [-0.1, -0.05) is 45.8 Å². The van der Waals surface area contributed by atoms with Crippen molar-refractivity contribution in [1.82, 2.24) is 0 Å². The van der Waals surface area contributed by atoms with Crippen LogP contribution in [0.5, 0.6) is 5.75 Å². The van der Waals surface area contributed by atoms with E-state index in [1.165, 1.54) is 0 Å². The Morgan fingerprint density at radius 1 is 1.00 bits per heavy atom. The summed E-state index contributed by atoms with van der Waals surface area (Å²) in [5.41, 5.74) is 4.40. The molecule has 0 fully saturated rings. The van der Waals surface area contributed by atoms with Crippen molar-refractivity contribution in [2.24, 2.45) is 0 Å². The fourth-order valence-electron chi connectivity index (χ4n) is 4.31. The molecule has 1 unspecified atom stereocenters. The van der Waals surface area contributed by atoms with Crippen molar-refractivity contribution in [3.8, 4) is 5.75 Å². The number of aryl methyl sites for hydroxylation is 1. The van der Waals surface area contributed by atoms with Crippen LogP contribution in [0.1, 0.15) is 29.2 Å². The Morgan fingerprint density at radius 2 is 1.77 bits per heavy atom. The van der Waals surface area contributed by atoms with Crippen LogP contribution in [0.3, 0.4) is 0 Å². The third-order valence-electron chi connectivity index (χ3n) is 5.97. The Labute approximate surface area is 184 Å². The Hall–Kier alpha value is -2.57. The lowest BCUT2D eigenvalue weighted by molar-refractivity contribution is 0.224. The topological polar surface area (TPSA) is 55.4 Å². The third-order valence-corrected chi connectivity index (χ3v) is 7.86. The van der Waals surface area contributed by atoms with Crippen LogP contribution in [0.4, 0.5) is 5.69 Å². The second-order valence-electron chi connectivity index (χ2n) is 7.96. The molecule has 1 aliphatic heterocycles. The molecule has 3 aromatic rings. The van der Waals surface area contributed by atoms with Crippen LogP contribution in [0, 0.1) is 6.92 Å². The minimum Gasteiger partial charge on any atom is -0.485 e.